The van der Waals surface area contributed by atoms with Crippen molar-refractivity contribution in [2.75, 3.05) is 17.3 Å². The molecule has 0 bridgehead atoms. The molecular weight excluding hydrogens is 553 g/mol. The topological polar surface area (TPSA) is 69.5 Å². The van der Waals surface area contributed by atoms with E-state index < -0.39 is 0 Å². The van der Waals surface area contributed by atoms with Gasteiger partial charge in [0.1, 0.15) is 6.61 Å². The van der Waals surface area contributed by atoms with Gasteiger partial charge in [-0.1, -0.05) is 72.1 Å². The minimum Gasteiger partial charge on any atom is -0.490 e. The zero-order valence-electron chi connectivity index (χ0n) is 22.7. The third-order valence-corrected chi connectivity index (χ3v) is 8.52. The summed E-state index contributed by atoms with van der Waals surface area (Å²) in [5.41, 5.74) is 3.77. The molecule has 0 saturated heterocycles. The number of carbonyl (C=O) groups is 1. The van der Waals surface area contributed by atoms with Gasteiger partial charge in [0.25, 0.3) is 0 Å². The van der Waals surface area contributed by atoms with E-state index in [1.165, 1.54) is 11.8 Å². The largest absolute Gasteiger partial charge is 0.490 e. The molecule has 206 valence electrons. The van der Waals surface area contributed by atoms with Crippen LogP contribution in [0.3, 0.4) is 0 Å². The van der Waals surface area contributed by atoms with Gasteiger partial charge >= 0.3 is 0 Å². The van der Waals surface area contributed by atoms with Crippen LogP contribution in [0.5, 0.6) is 11.5 Å². The number of thioether (sulfide) groups is 1. The highest BCUT2D eigenvalue weighted by molar-refractivity contribution is 8.00. The molecule has 0 fully saturated rings. The number of ether oxygens (including phenoxy) is 2. The zero-order valence-corrected chi connectivity index (χ0v) is 24.3. The highest BCUT2D eigenvalue weighted by Crippen LogP contribution is 2.48. The first-order chi connectivity index (χ1) is 20.1. The van der Waals surface area contributed by atoms with Gasteiger partial charge in [-0.3, -0.25) is 14.3 Å². The fourth-order valence-electron chi connectivity index (χ4n) is 4.63. The monoisotopic (exact) mass is 580 g/mol. The summed E-state index contributed by atoms with van der Waals surface area (Å²) in [5.74, 6) is 2.12. The van der Waals surface area contributed by atoms with Crippen LogP contribution in [-0.2, 0) is 11.4 Å². The predicted octanol–water partition coefficient (Wildman–Crippen LogP) is 7.48. The molecule has 1 aromatic heterocycles. The number of hydrogen-bond acceptors (Lipinski definition) is 7. The first kappa shape index (κ1) is 27.0. The Bertz CT molecular complexity index is 1640. The van der Waals surface area contributed by atoms with Crippen LogP contribution in [0.2, 0.25) is 0 Å². The van der Waals surface area contributed by atoms with Gasteiger partial charge in [-0.2, -0.15) is 0 Å². The van der Waals surface area contributed by atoms with E-state index in [0.717, 1.165) is 32.4 Å². The van der Waals surface area contributed by atoms with Crippen molar-refractivity contribution in [3.8, 4) is 17.2 Å². The maximum Gasteiger partial charge on any atom is 0.242 e. The second kappa shape index (κ2) is 12.1. The summed E-state index contributed by atoms with van der Waals surface area (Å²) >= 11 is 3.04. The maximum atomic E-state index is 13.8. The number of aromatic nitrogens is 3. The van der Waals surface area contributed by atoms with Crippen LogP contribution in [0.15, 0.2) is 112 Å². The fraction of sp³-hybridized carbons (Fsp3) is 0.156. The highest BCUT2D eigenvalue weighted by atomic mass is 32.2. The normalized spacial score (nSPS) is 12.0. The lowest BCUT2D eigenvalue weighted by molar-refractivity contribution is -0.115. The van der Waals surface area contributed by atoms with Gasteiger partial charge in [0.2, 0.25) is 5.91 Å². The summed E-state index contributed by atoms with van der Waals surface area (Å²) in [6, 6.07) is 31.7. The molecule has 0 aliphatic carbocycles. The third-order valence-electron chi connectivity index (χ3n) is 6.48. The van der Waals surface area contributed by atoms with E-state index in [1.807, 2.05) is 120 Å². The Morgan fingerprint density at radius 1 is 0.829 bits per heavy atom. The Hall–Kier alpha value is -4.21. The quantitative estimate of drug-likeness (QED) is 0.168. The standard InChI is InChI=1S/C32H28N4O3S2/c1-3-38-27-19-22(2)17-18-26(27)39-20-30-33-34-32(35(30)23-11-5-4-6-12-23)40-21-31(37)36-24-13-7-9-15-28(24)41-29-16-10-8-14-25(29)36/h4-19H,3,20-21H2,1-2H3. The van der Waals surface area contributed by atoms with Crippen molar-refractivity contribution >= 4 is 40.8 Å². The predicted molar refractivity (Wildman–Crippen MR) is 163 cm³/mol. The molecule has 1 amide bonds. The minimum absolute atomic E-state index is 0.0309. The zero-order chi connectivity index (χ0) is 28.2. The third kappa shape index (κ3) is 5.68. The number of hydrogen-bond donors (Lipinski definition) is 0. The number of aryl methyl sites for hydroxylation is 1. The van der Waals surface area contributed by atoms with Gasteiger partial charge in [0, 0.05) is 15.5 Å². The molecule has 6 rings (SSSR count). The first-order valence-corrected chi connectivity index (χ1v) is 15.1. The van der Waals surface area contributed by atoms with Gasteiger partial charge in [-0.05, 0) is 67.9 Å². The van der Waals surface area contributed by atoms with Gasteiger partial charge in [0.05, 0.1) is 23.7 Å². The summed E-state index contributed by atoms with van der Waals surface area (Å²) in [4.78, 5) is 17.7. The second-order valence-corrected chi connectivity index (χ2v) is 11.3. The van der Waals surface area contributed by atoms with Crippen LogP contribution >= 0.6 is 23.5 Å². The van der Waals surface area contributed by atoms with Crippen molar-refractivity contribution in [2.45, 2.75) is 35.4 Å². The lowest BCUT2D eigenvalue weighted by Gasteiger charge is -2.30. The summed E-state index contributed by atoms with van der Waals surface area (Å²) in [6.45, 7) is 4.69. The molecule has 0 saturated carbocycles. The Morgan fingerprint density at radius 2 is 1.51 bits per heavy atom. The van der Waals surface area contributed by atoms with Crippen molar-refractivity contribution in [3.63, 3.8) is 0 Å². The van der Waals surface area contributed by atoms with Crippen LogP contribution in [0.4, 0.5) is 11.4 Å². The summed E-state index contributed by atoms with van der Waals surface area (Å²) < 4.78 is 13.9. The molecule has 9 heteroatoms. The molecule has 1 aliphatic heterocycles. The number of carbonyl (C=O) groups excluding carboxylic acids is 1. The minimum atomic E-state index is -0.0309. The molecule has 5 aromatic rings. The molecule has 0 N–H and O–H groups in total. The summed E-state index contributed by atoms with van der Waals surface area (Å²) in [5, 5.41) is 9.55. The van der Waals surface area contributed by atoms with Crippen molar-refractivity contribution in [2.24, 2.45) is 0 Å². The van der Waals surface area contributed by atoms with Crippen molar-refractivity contribution in [1.29, 1.82) is 0 Å². The van der Waals surface area contributed by atoms with Crippen LogP contribution in [0.1, 0.15) is 18.3 Å². The van der Waals surface area contributed by atoms with Gasteiger partial charge in [-0.15, -0.1) is 10.2 Å². The van der Waals surface area contributed by atoms with E-state index in [4.69, 9.17) is 9.47 Å². The smallest absolute Gasteiger partial charge is 0.242 e. The molecule has 2 heterocycles. The number of amides is 1. The fourth-order valence-corrected chi connectivity index (χ4v) is 6.51. The second-order valence-electron chi connectivity index (χ2n) is 9.30. The Labute approximate surface area is 247 Å². The van der Waals surface area contributed by atoms with E-state index in [9.17, 15) is 4.79 Å². The molecule has 41 heavy (non-hydrogen) atoms. The molecule has 0 atom stereocenters. The lowest BCUT2D eigenvalue weighted by Crippen LogP contribution is -2.30. The maximum absolute atomic E-state index is 13.8. The van der Waals surface area contributed by atoms with Crippen LogP contribution in [0, 0.1) is 6.92 Å². The van der Waals surface area contributed by atoms with E-state index >= 15 is 0 Å². The van der Waals surface area contributed by atoms with Crippen LogP contribution in [0.25, 0.3) is 5.69 Å². The molecule has 4 aromatic carbocycles. The number of para-hydroxylation sites is 3. The first-order valence-electron chi connectivity index (χ1n) is 13.3. The number of rotatable bonds is 9. The average molecular weight is 581 g/mol. The molecule has 0 unspecified atom stereocenters. The SMILES string of the molecule is CCOc1cc(C)ccc1OCc1nnc(SCC(=O)N2c3ccccc3Sc3ccccc32)n1-c1ccccc1. The van der Waals surface area contributed by atoms with Gasteiger partial charge in [0.15, 0.2) is 22.5 Å². The number of anilines is 2. The highest BCUT2D eigenvalue weighted by Gasteiger charge is 2.28. The number of nitrogens with zero attached hydrogens (tertiary/aromatic N) is 4. The molecule has 1 aliphatic rings. The van der Waals surface area contributed by atoms with Gasteiger partial charge in [-0.25, -0.2) is 0 Å². The van der Waals surface area contributed by atoms with Crippen molar-refractivity contribution in [1.82, 2.24) is 14.8 Å². The van der Waals surface area contributed by atoms with E-state index in [0.29, 0.717) is 29.1 Å². The number of fused-ring (bicyclic) bond motifs is 2. The molecule has 0 spiro atoms. The van der Waals surface area contributed by atoms with Crippen molar-refractivity contribution < 1.29 is 14.3 Å². The Morgan fingerprint density at radius 3 is 2.22 bits per heavy atom. The summed E-state index contributed by atoms with van der Waals surface area (Å²) in [6.07, 6.45) is 0. The van der Waals surface area contributed by atoms with E-state index in [2.05, 4.69) is 10.2 Å². The lowest BCUT2D eigenvalue weighted by atomic mass is 10.2. The van der Waals surface area contributed by atoms with Crippen molar-refractivity contribution in [3.05, 3.63) is 108 Å². The van der Waals surface area contributed by atoms with Gasteiger partial charge < -0.3 is 9.47 Å². The van der Waals surface area contributed by atoms with Crippen LogP contribution < -0.4 is 14.4 Å². The summed E-state index contributed by atoms with van der Waals surface area (Å²) in [7, 11) is 0. The van der Waals surface area contributed by atoms with E-state index in [-0.39, 0.29) is 18.3 Å². The molecular formula is C32H28N4O3S2. The molecule has 0 radical (unpaired) electrons. The number of benzene rings is 4. The Kier molecular flexibility index (Phi) is 7.98. The Balaban J connectivity index is 1.26. The average Bonchev–Trinajstić information content (AvgIpc) is 3.41. The molecule has 7 nitrogen and oxygen atoms in total. The van der Waals surface area contributed by atoms with E-state index in [1.54, 1.807) is 11.8 Å². The van der Waals surface area contributed by atoms with Crippen LogP contribution in [-0.4, -0.2) is 33.0 Å².